The number of nitrogens with zero attached hydrogens (tertiary/aromatic N) is 1. The number of hydrogen-bond acceptors (Lipinski definition) is 3. The first-order valence-corrected chi connectivity index (χ1v) is 7.77. The normalized spacial score (nSPS) is 17.3. The van der Waals surface area contributed by atoms with Gasteiger partial charge in [0.05, 0.1) is 0 Å². The van der Waals surface area contributed by atoms with Crippen molar-refractivity contribution >= 4 is 27.7 Å². The van der Waals surface area contributed by atoms with Crippen molar-refractivity contribution in [1.82, 2.24) is 4.90 Å². The molecule has 5 nitrogen and oxygen atoms in total. The molecule has 0 bridgehead atoms. The average molecular weight is 355 g/mol. The highest BCUT2D eigenvalue weighted by molar-refractivity contribution is 9.10. The molecule has 1 heterocycles. The third-order valence-electron chi connectivity index (χ3n) is 3.68. The zero-order chi connectivity index (χ0) is 15.4. The summed E-state index contributed by atoms with van der Waals surface area (Å²) in [7, 11) is 0. The molecule has 2 N–H and O–H groups in total. The summed E-state index contributed by atoms with van der Waals surface area (Å²) >= 11 is 3.35. The second-order valence-electron chi connectivity index (χ2n) is 5.22. The van der Waals surface area contributed by atoms with E-state index in [2.05, 4.69) is 15.9 Å². The Balaban J connectivity index is 1.88. The maximum Gasteiger partial charge on any atom is 0.263 e. The first-order valence-electron chi connectivity index (χ1n) is 6.97. The molecule has 1 fully saturated rings. The highest BCUT2D eigenvalue weighted by Gasteiger charge is 2.28. The summed E-state index contributed by atoms with van der Waals surface area (Å²) in [6.45, 7) is 2.85. The summed E-state index contributed by atoms with van der Waals surface area (Å²) in [6.07, 6.45) is 0.717. The summed E-state index contributed by atoms with van der Waals surface area (Å²) in [5.41, 5.74) is 5.29. The van der Waals surface area contributed by atoms with Crippen molar-refractivity contribution in [2.45, 2.75) is 25.9 Å². The Labute approximate surface area is 132 Å². The Bertz CT molecular complexity index is 510. The fourth-order valence-electron chi connectivity index (χ4n) is 2.41. The molecule has 1 saturated heterocycles. The molecule has 1 aliphatic heterocycles. The van der Waals surface area contributed by atoms with Crippen LogP contribution < -0.4 is 10.5 Å². The lowest BCUT2D eigenvalue weighted by Crippen LogP contribution is -2.46. The Hall–Kier alpha value is -1.56. The van der Waals surface area contributed by atoms with Crippen LogP contribution in [0.15, 0.2) is 28.7 Å². The van der Waals surface area contributed by atoms with Gasteiger partial charge in [0.2, 0.25) is 5.91 Å². The number of amides is 2. The molecule has 2 rings (SSSR count). The van der Waals surface area contributed by atoms with Crippen LogP contribution in [0.4, 0.5) is 0 Å². The summed E-state index contributed by atoms with van der Waals surface area (Å²) in [6, 6.07) is 7.36. The average Bonchev–Trinajstić information content (AvgIpc) is 2.49. The smallest absolute Gasteiger partial charge is 0.263 e. The van der Waals surface area contributed by atoms with Gasteiger partial charge in [-0.05, 0) is 44.0 Å². The number of piperidine rings is 1. The van der Waals surface area contributed by atoms with Gasteiger partial charge in [0, 0.05) is 23.5 Å². The van der Waals surface area contributed by atoms with E-state index in [-0.39, 0.29) is 17.7 Å². The molecule has 1 atom stereocenters. The number of ether oxygens (including phenoxy) is 1. The predicted octanol–water partition coefficient (Wildman–Crippen LogP) is 1.94. The minimum absolute atomic E-state index is 0.0548. The number of likely N-dealkylation sites (tertiary alicyclic amines) is 1. The van der Waals surface area contributed by atoms with E-state index in [0.717, 1.165) is 4.47 Å². The van der Waals surface area contributed by atoms with Crippen LogP contribution in [0, 0.1) is 5.92 Å². The number of rotatable bonds is 4. The lowest BCUT2D eigenvalue weighted by atomic mass is 9.96. The van der Waals surface area contributed by atoms with Crippen molar-refractivity contribution in [2.75, 3.05) is 13.1 Å². The van der Waals surface area contributed by atoms with Crippen LogP contribution in [0.5, 0.6) is 5.75 Å². The lowest BCUT2D eigenvalue weighted by molar-refractivity contribution is -0.140. The molecule has 21 heavy (non-hydrogen) atoms. The Morgan fingerprint density at radius 2 is 1.86 bits per heavy atom. The van der Waals surface area contributed by atoms with Crippen LogP contribution in [-0.4, -0.2) is 35.9 Å². The molecule has 0 unspecified atom stereocenters. The van der Waals surface area contributed by atoms with E-state index in [9.17, 15) is 9.59 Å². The second-order valence-corrected chi connectivity index (χ2v) is 6.13. The number of primary amides is 1. The van der Waals surface area contributed by atoms with Gasteiger partial charge in [0.1, 0.15) is 5.75 Å². The molecule has 1 aromatic rings. The molecular weight excluding hydrogens is 336 g/mol. The maximum atomic E-state index is 12.3. The van der Waals surface area contributed by atoms with Gasteiger partial charge in [-0.25, -0.2) is 0 Å². The first kappa shape index (κ1) is 15.8. The van der Waals surface area contributed by atoms with Crippen LogP contribution in [0.2, 0.25) is 0 Å². The second kappa shape index (κ2) is 6.93. The monoisotopic (exact) mass is 354 g/mol. The number of benzene rings is 1. The van der Waals surface area contributed by atoms with E-state index >= 15 is 0 Å². The van der Waals surface area contributed by atoms with Gasteiger partial charge >= 0.3 is 0 Å². The molecule has 0 spiro atoms. The Kier molecular flexibility index (Phi) is 5.22. The van der Waals surface area contributed by atoms with Crippen molar-refractivity contribution in [3.63, 3.8) is 0 Å². The van der Waals surface area contributed by atoms with Gasteiger partial charge < -0.3 is 15.4 Å². The third kappa shape index (κ3) is 4.20. The van der Waals surface area contributed by atoms with Crippen LogP contribution in [0.1, 0.15) is 19.8 Å². The van der Waals surface area contributed by atoms with Crippen molar-refractivity contribution < 1.29 is 14.3 Å². The van der Waals surface area contributed by atoms with Gasteiger partial charge in [-0.1, -0.05) is 15.9 Å². The molecule has 0 saturated carbocycles. The fraction of sp³-hybridized carbons (Fsp3) is 0.467. The van der Waals surface area contributed by atoms with E-state index in [1.54, 1.807) is 11.8 Å². The van der Waals surface area contributed by atoms with Crippen molar-refractivity contribution in [3.8, 4) is 5.75 Å². The van der Waals surface area contributed by atoms with Gasteiger partial charge in [0.15, 0.2) is 6.10 Å². The fourth-order valence-corrected chi connectivity index (χ4v) is 2.67. The summed E-state index contributed by atoms with van der Waals surface area (Å²) in [4.78, 5) is 25.2. The first-order chi connectivity index (χ1) is 9.97. The van der Waals surface area contributed by atoms with Crippen LogP contribution in [0.25, 0.3) is 0 Å². The van der Waals surface area contributed by atoms with Crippen molar-refractivity contribution in [1.29, 1.82) is 0 Å². The molecule has 2 amide bonds. The third-order valence-corrected chi connectivity index (χ3v) is 4.21. The largest absolute Gasteiger partial charge is 0.481 e. The minimum atomic E-state index is -0.545. The minimum Gasteiger partial charge on any atom is -0.481 e. The Morgan fingerprint density at radius 1 is 1.29 bits per heavy atom. The van der Waals surface area contributed by atoms with Gasteiger partial charge in [-0.15, -0.1) is 0 Å². The number of halogens is 1. The van der Waals surface area contributed by atoms with Crippen LogP contribution >= 0.6 is 15.9 Å². The predicted molar refractivity (Wildman–Crippen MR) is 82.7 cm³/mol. The number of carbonyl (C=O) groups is 2. The highest BCUT2D eigenvalue weighted by Crippen LogP contribution is 2.20. The quantitative estimate of drug-likeness (QED) is 0.897. The molecule has 1 aromatic carbocycles. The Morgan fingerprint density at radius 3 is 2.38 bits per heavy atom. The van der Waals surface area contributed by atoms with Gasteiger partial charge in [0.25, 0.3) is 5.91 Å². The topological polar surface area (TPSA) is 72.6 Å². The lowest BCUT2D eigenvalue weighted by Gasteiger charge is -2.32. The van der Waals surface area contributed by atoms with Gasteiger partial charge in [-0.2, -0.15) is 0 Å². The van der Waals surface area contributed by atoms with Crippen molar-refractivity contribution in [2.24, 2.45) is 11.7 Å². The van der Waals surface area contributed by atoms with E-state index in [1.807, 2.05) is 24.3 Å². The summed E-state index contributed by atoms with van der Waals surface area (Å²) in [5.74, 6) is 0.213. The van der Waals surface area contributed by atoms with Crippen LogP contribution in [0.3, 0.4) is 0 Å². The molecular formula is C15H19BrN2O3. The number of hydrogen-bond donors (Lipinski definition) is 1. The van der Waals surface area contributed by atoms with Gasteiger partial charge in [-0.3, -0.25) is 9.59 Å². The van der Waals surface area contributed by atoms with E-state index in [1.165, 1.54) is 0 Å². The standard InChI is InChI=1S/C15H19BrN2O3/c1-10(21-13-4-2-12(16)3-5-13)15(20)18-8-6-11(7-9-18)14(17)19/h2-5,10-11H,6-9H2,1H3,(H2,17,19)/t10-/m1/s1. The zero-order valence-corrected chi connectivity index (χ0v) is 13.5. The molecule has 6 heteroatoms. The zero-order valence-electron chi connectivity index (χ0n) is 11.9. The number of nitrogens with two attached hydrogens (primary N) is 1. The van der Waals surface area contributed by atoms with E-state index in [4.69, 9.17) is 10.5 Å². The summed E-state index contributed by atoms with van der Waals surface area (Å²) < 4.78 is 6.62. The van der Waals surface area contributed by atoms with E-state index in [0.29, 0.717) is 31.7 Å². The molecule has 0 aromatic heterocycles. The van der Waals surface area contributed by atoms with E-state index < -0.39 is 6.10 Å². The molecule has 114 valence electrons. The maximum absolute atomic E-state index is 12.3. The van der Waals surface area contributed by atoms with Crippen molar-refractivity contribution in [3.05, 3.63) is 28.7 Å². The van der Waals surface area contributed by atoms with Crippen LogP contribution in [-0.2, 0) is 9.59 Å². The molecule has 0 radical (unpaired) electrons. The SMILES string of the molecule is C[C@@H](Oc1ccc(Br)cc1)C(=O)N1CCC(C(N)=O)CC1. The highest BCUT2D eigenvalue weighted by atomic mass is 79.9. The number of carbonyl (C=O) groups excluding carboxylic acids is 2. The molecule has 1 aliphatic rings. The summed E-state index contributed by atoms with van der Waals surface area (Å²) in [5, 5.41) is 0. The molecule has 0 aliphatic carbocycles.